The summed E-state index contributed by atoms with van der Waals surface area (Å²) >= 11 is 0.219. The van der Waals surface area contributed by atoms with Crippen LogP contribution in [0.3, 0.4) is 0 Å². The minimum absolute atomic E-state index is 0.101. The van der Waals surface area contributed by atoms with Gasteiger partial charge in [-0.05, 0) is 10.8 Å². The second kappa shape index (κ2) is 3.71. The second-order valence-electron chi connectivity index (χ2n) is 7.02. The Morgan fingerprint density at radius 2 is 1.29 bits per heavy atom. The van der Waals surface area contributed by atoms with Gasteiger partial charge in [-0.2, -0.15) is 16.0 Å². The maximum absolute atomic E-state index is 11.8. The van der Waals surface area contributed by atoms with Crippen LogP contribution >= 0.6 is 11.8 Å². The van der Waals surface area contributed by atoms with E-state index in [0.717, 1.165) is 11.5 Å². The van der Waals surface area contributed by atoms with Crippen LogP contribution in [0.15, 0.2) is 0 Å². The number of thioether (sulfide) groups is 1. The monoisotopic (exact) mass is 278 g/mol. The molecule has 0 aromatic rings. The first-order valence-corrected chi connectivity index (χ1v) is 8.10. The highest BCUT2D eigenvalue weighted by Gasteiger charge is 2.73. The van der Waals surface area contributed by atoms with Crippen LogP contribution in [0.2, 0.25) is 0 Å². The largest absolute Gasteiger partial charge is 0.306 e. The van der Waals surface area contributed by atoms with E-state index < -0.39 is 22.6 Å². The molecule has 2 aliphatic rings. The molecule has 0 aliphatic carbocycles. The first-order chi connectivity index (χ1) is 7.56. The average Bonchev–Trinajstić information content (AvgIpc) is 2.53. The fourth-order valence-corrected chi connectivity index (χ4v) is 6.56. The van der Waals surface area contributed by atoms with Gasteiger partial charge in [-0.3, -0.25) is 8.37 Å². The van der Waals surface area contributed by atoms with Gasteiger partial charge in [0.15, 0.2) is 0 Å². The zero-order valence-corrected chi connectivity index (χ0v) is 13.1. The van der Waals surface area contributed by atoms with Gasteiger partial charge >= 0.3 is 11.4 Å². The van der Waals surface area contributed by atoms with Gasteiger partial charge in [0, 0.05) is 11.5 Å². The highest BCUT2D eigenvalue weighted by atomic mass is 32.2. The highest BCUT2D eigenvalue weighted by molar-refractivity contribution is 7.99. The Balaban J connectivity index is 2.59. The maximum atomic E-state index is 11.8. The average molecular weight is 278 g/mol. The van der Waals surface area contributed by atoms with Crippen LogP contribution in [0.4, 0.5) is 0 Å². The van der Waals surface area contributed by atoms with Crippen LogP contribution in [0, 0.1) is 10.8 Å². The molecule has 0 spiro atoms. The van der Waals surface area contributed by atoms with Crippen LogP contribution < -0.4 is 0 Å². The first-order valence-electron chi connectivity index (χ1n) is 5.94. The molecule has 2 rings (SSSR count). The normalized spacial score (nSPS) is 42.8. The Labute approximate surface area is 111 Å². The van der Waals surface area contributed by atoms with Gasteiger partial charge in [0.1, 0.15) is 11.2 Å². The molecule has 2 heterocycles. The van der Waals surface area contributed by atoms with E-state index in [4.69, 9.17) is 8.37 Å². The SMILES string of the molecule is CC(C)(C)C12CSCC1(C(C)(C)C)OS(=O)O2. The lowest BCUT2D eigenvalue weighted by molar-refractivity contribution is -0.133. The predicted octanol–water partition coefficient (Wildman–Crippen LogP) is 2.93. The van der Waals surface area contributed by atoms with E-state index in [2.05, 4.69) is 41.5 Å². The van der Waals surface area contributed by atoms with Crippen molar-refractivity contribution in [2.75, 3.05) is 11.5 Å². The number of hydrogen-bond acceptors (Lipinski definition) is 4. The van der Waals surface area contributed by atoms with E-state index in [1.807, 2.05) is 11.8 Å². The smallest absolute Gasteiger partial charge is 0.257 e. The standard InChI is InChI=1S/C12H22O3S2/c1-9(2,3)11-7-16-8-12(11,10(4,5)6)15-17(13)14-11/h7-8H2,1-6H3. The van der Waals surface area contributed by atoms with Crippen molar-refractivity contribution in [2.24, 2.45) is 10.8 Å². The zero-order chi connectivity index (χ0) is 13.1. The molecule has 0 amide bonds. The van der Waals surface area contributed by atoms with Crippen molar-refractivity contribution >= 4 is 23.1 Å². The van der Waals surface area contributed by atoms with Crippen molar-refractivity contribution in [2.45, 2.75) is 52.7 Å². The van der Waals surface area contributed by atoms with Crippen LogP contribution in [0.25, 0.3) is 0 Å². The lowest BCUT2D eigenvalue weighted by Crippen LogP contribution is -2.64. The quantitative estimate of drug-likeness (QED) is 0.682. The van der Waals surface area contributed by atoms with E-state index >= 15 is 0 Å². The zero-order valence-electron chi connectivity index (χ0n) is 11.5. The summed E-state index contributed by atoms with van der Waals surface area (Å²) in [6.45, 7) is 12.9. The van der Waals surface area contributed by atoms with Crippen LogP contribution in [0.1, 0.15) is 41.5 Å². The summed E-state index contributed by atoms with van der Waals surface area (Å²) in [5.74, 6) is 1.69. The predicted molar refractivity (Wildman–Crippen MR) is 72.0 cm³/mol. The van der Waals surface area contributed by atoms with Crippen LogP contribution in [-0.4, -0.2) is 26.9 Å². The third kappa shape index (κ3) is 1.66. The highest BCUT2D eigenvalue weighted by Crippen LogP contribution is 2.62. The Kier molecular flexibility index (Phi) is 3.02. The van der Waals surface area contributed by atoms with E-state index in [0.29, 0.717) is 0 Å². The van der Waals surface area contributed by atoms with E-state index in [9.17, 15) is 4.21 Å². The van der Waals surface area contributed by atoms with Crippen molar-refractivity contribution in [3.8, 4) is 0 Å². The summed E-state index contributed by atoms with van der Waals surface area (Å²) in [7, 11) is 0. The third-order valence-electron chi connectivity index (χ3n) is 4.11. The summed E-state index contributed by atoms with van der Waals surface area (Å²) in [6.07, 6.45) is 0. The van der Waals surface area contributed by atoms with Gasteiger partial charge < -0.3 is 0 Å². The minimum Gasteiger partial charge on any atom is -0.257 e. The fourth-order valence-electron chi connectivity index (χ4n) is 2.90. The van der Waals surface area contributed by atoms with E-state index in [1.165, 1.54) is 0 Å². The molecule has 2 aliphatic heterocycles. The molecule has 0 aromatic carbocycles. The fraction of sp³-hybridized carbons (Fsp3) is 1.00. The molecule has 2 fully saturated rings. The van der Waals surface area contributed by atoms with Crippen LogP contribution in [0.5, 0.6) is 0 Å². The number of rotatable bonds is 0. The Bertz CT molecular complexity index is 324. The number of fused-ring (bicyclic) bond motifs is 1. The summed E-state index contributed by atoms with van der Waals surface area (Å²) in [6, 6.07) is 0. The van der Waals surface area contributed by atoms with Gasteiger partial charge in [-0.25, -0.2) is 0 Å². The number of hydrogen-bond donors (Lipinski definition) is 0. The topological polar surface area (TPSA) is 35.5 Å². The molecule has 17 heavy (non-hydrogen) atoms. The van der Waals surface area contributed by atoms with Gasteiger partial charge in [-0.15, -0.1) is 0 Å². The van der Waals surface area contributed by atoms with Gasteiger partial charge in [-0.1, -0.05) is 41.5 Å². The lowest BCUT2D eigenvalue weighted by Gasteiger charge is -2.50. The van der Waals surface area contributed by atoms with Gasteiger partial charge in [0.25, 0.3) is 0 Å². The molecule has 0 bridgehead atoms. The molecule has 5 heteroatoms. The maximum Gasteiger partial charge on any atom is 0.306 e. The summed E-state index contributed by atoms with van der Waals surface area (Å²) in [5, 5.41) is 0. The molecular weight excluding hydrogens is 256 g/mol. The molecule has 2 unspecified atom stereocenters. The molecule has 0 saturated carbocycles. The Morgan fingerprint density at radius 1 is 0.941 bits per heavy atom. The second-order valence-corrected chi connectivity index (χ2v) is 8.74. The van der Waals surface area contributed by atoms with Gasteiger partial charge in [0.2, 0.25) is 0 Å². The van der Waals surface area contributed by atoms with E-state index in [-0.39, 0.29) is 10.8 Å². The Hall–Kier alpha value is 0.420. The van der Waals surface area contributed by atoms with E-state index in [1.54, 1.807) is 0 Å². The molecule has 0 aromatic heterocycles. The van der Waals surface area contributed by atoms with Crippen molar-refractivity contribution in [1.29, 1.82) is 0 Å². The van der Waals surface area contributed by atoms with Crippen molar-refractivity contribution < 1.29 is 12.6 Å². The third-order valence-corrected chi connectivity index (χ3v) is 6.17. The van der Waals surface area contributed by atoms with Crippen molar-refractivity contribution in [3.05, 3.63) is 0 Å². The van der Waals surface area contributed by atoms with Crippen molar-refractivity contribution in [1.82, 2.24) is 0 Å². The van der Waals surface area contributed by atoms with Crippen molar-refractivity contribution in [3.63, 3.8) is 0 Å². The van der Waals surface area contributed by atoms with Gasteiger partial charge in [0.05, 0.1) is 0 Å². The molecule has 2 saturated heterocycles. The Morgan fingerprint density at radius 3 is 1.59 bits per heavy atom. The minimum atomic E-state index is -1.62. The van der Waals surface area contributed by atoms with Crippen LogP contribution in [-0.2, 0) is 19.7 Å². The first kappa shape index (κ1) is 13.8. The molecular formula is C12H22O3S2. The molecule has 100 valence electrons. The summed E-state index contributed by atoms with van der Waals surface area (Å²) in [5.41, 5.74) is -1.13. The molecule has 3 nitrogen and oxygen atoms in total. The molecule has 0 radical (unpaired) electrons. The molecule has 0 N–H and O–H groups in total. The lowest BCUT2D eigenvalue weighted by atomic mass is 9.59. The summed E-state index contributed by atoms with van der Waals surface area (Å²) < 4.78 is 23.4. The molecule has 2 atom stereocenters. The summed E-state index contributed by atoms with van der Waals surface area (Å²) in [4.78, 5) is 0.